The van der Waals surface area contributed by atoms with E-state index in [0.717, 1.165) is 32.1 Å². The Kier molecular flexibility index (Phi) is 3.30. The molecule has 0 N–H and O–H groups in total. The minimum atomic E-state index is -0.285. The van der Waals surface area contributed by atoms with Gasteiger partial charge in [-0.05, 0) is 44.4 Å². The monoisotopic (exact) mass is 316 g/mol. The molecule has 0 spiro atoms. The highest BCUT2D eigenvalue weighted by molar-refractivity contribution is 5.96. The number of Topliss-reactive ketones (excluding diaryl/α,β-unsaturated/α-hetero) is 2. The molecule has 4 nitrogen and oxygen atoms in total. The molecule has 0 aliphatic heterocycles. The summed E-state index contributed by atoms with van der Waals surface area (Å²) in [5.74, 6) is 0.506. The SMILES string of the molecule is CC(=O)O[C@H]1CCC2=C3CC[C@]4(C)C(=O)CC[C@@H]4[C@@H]3C(=O)[C@@H]2C1. The molecule has 124 valence electrons. The number of ketones is 2. The number of allylic oxidation sites excluding steroid dienone is 2. The van der Waals surface area contributed by atoms with Gasteiger partial charge in [0.1, 0.15) is 17.7 Å². The first kappa shape index (κ1) is 15.1. The highest BCUT2D eigenvalue weighted by Crippen LogP contribution is 2.59. The molecule has 0 aromatic carbocycles. The predicted molar refractivity (Wildman–Crippen MR) is 83.5 cm³/mol. The van der Waals surface area contributed by atoms with Crippen molar-refractivity contribution in [2.45, 2.75) is 64.9 Å². The van der Waals surface area contributed by atoms with Gasteiger partial charge in [0.05, 0.1) is 0 Å². The minimum absolute atomic E-state index is 0.0312. The van der Waals surface area contributed by atoms with Gasteiger partial charge in [-0.15, -0.1) is 0 Å². The molecule has 0 aromatic heterocycles. The summed E-state index contributed by atoms with van der Waals surface area (Å²) in [5, 5.41) is 0. The van der Waals surface area contributed by atoms with Crippen molar-refractivity contribution >= 4 is 17.5 Å². The lowest BCUT2D eigenvalue weighted by Crippen LogP contribution is -2.40. The van der Waals surface area contributed by atoms with Crippen LogP contribution in [0.25, 0.3) is 0 Å². The van der Waals surface area contributed by atoms with E-state index in [0.29, 0.717) is 24.4 Å². The van der Waals surface area contributed by atoms with Gasteiger partial charge in [0, 0.05) is 30.6 Å². The zero-order valence-electron chi connectivity index (χ0n) is 13.9. The van der Waals surface area contributed by atoms with Gasteiger partial charge in [-0.25, -0.2) is 0 Å². The molecule has 0 aromatic rings. The van der Waals surface area contributed by atoms with Gasteiger partial charge in [-0.1, -0.05) is 18.1 Å². The molecule has 5 atom stereocenters. The minimum Gasteiger partial charge on any atom is -0.463 e. The first-order valence-electron chi connectivity index (χ1n) is 8.88. The molecule has 0 heterocycles. The summed E-state index contributed by atoms with van der Waals surface area (Å²) in [5.41, 5.74) is 2.39. The summed E-state index contributed by atoms with van der Waals surface area (Å²) in [6.45, 7) is 3.51. The molecule has 4 aliphatic carbocycles. The zero-order valence-corrected chi connectivity index (χ0v) is 13.9. The maximum Gasteiger partial charge on any atom is 0.302 e. The second-order valence-electron chi connectivity index (χ2n) is 7.97. The first-order chi connectivity index (χ1) is 10.9. The van der Waals surface area contributed by atoms with E-state index in [1.54, 1.807) is 0 Å². The van der Waals surface area contributed by atoms with Crippen LogP contribution in [-0.4, -0.2) is 23.6 Å². The molecular formula is C19H24O4. The lowest BCUT2D eigenvalue weighted by molar-refractivity contribution is -0.149. The number of esters is 1. The van der Waals surface area contributed by atoms with Crippen LogP contribution >= 0.6 is 0 Å². The Morgan fingerprint density at radius 1 is 1.13 bits per heavy atom. The summed E-state index contributed by atoms with van der Waals surface area (Å²) >= 11 is 0. The Balaban J connectivity index is 1.63. The summed E-state index contributed by atoms with van der Waals surface area (Å²) in [7, 11) is 0. The quantitative estimate of drug-likeness (QED) is 0.551. The molecule has 4 heteroatoms. The second-order valence-corrected chi connectivity index (χ2v) is 7.97. The molecule has 4 aliphatic rings. The molecule has 4 rings (SSSR count). The zero-order chi connectivity index (χ0) is 16.4. The Hall–Kier alpha value is -1.45. The van der Waals surface area contributed by atoms with Crippen molar-refractivity contribution in [3.8, 4) is 0 Å². The Bertz CT molecular complexity index is 631. The molecule has 0 saturated heterocycles. The molecule has 0 unspecified atom stereocenters. The lowest BCUT2D eigenvalue weighted by atomic mass is 9.62. The normalized spacial score (nSPS) is 42.3. The Morgan fingerprint density at radius 2 is 1.91 bits per heavy atom. The van der Waals surface area contributed by atoms with Crippen molar-refractivity contribution < 1.29 is 19.1 Å². The fraction of sp³-hybridized carbons (Fsp3) is 0.737. The third-order valence-corrected chi connectivity index (χ3v) is 6.88. The second kappa shape index (κ2) is 5.02. The lowest BCUT2D eigenvalue weighted by Gasteiger charge is -2.40. The van der Waals surface area contributed by atoms with Crippen molar-refractivity contribution in [2.24, 2.45) is 23.2 Å². The third-order valence-electron chi connectivity index (χ3n) is 6.88. The Morgan fingerprint density at radius 3 is 2.65 bits per heavy atom. The molecule has 3 fully saturated rings. The summed E-state index contributed by atoms with van der Waals surface area (Å²) in [6, 6.07) is 0. The van der Waals surface area contributed by atoms with Crippen LogP contribution < -0.4 is 0 Å². The highest BCUT2D eigenvalue weighted by atomic mass is 16.5. The van der Waals surface area contributed by atoms with Crippen molar-refractivity contribution in [1.82, 2.24) is 0 Å². The molecule has 0 amide bonds. The smallest absolute Gasteiger partial charge is 0.302 e. The molecule has 0 bridgehead atoms. The van der Waals surface area contributed by atoms with Crippen LogP contribution in [0.15, 0.2) is 11.1 Å². The number of hydrogen-bond acceptors (Lipinski definition) is 4. The van der Waals surface area contributed by atoms with E-state index >= 15 is 0 Å². The summed E-state index contributed by atoms with van der Waals surface area (Å²) in [6.07, 6.45) is 5.52. The number of hydrogen-bond donors (Lipinski definition) is 0. The fourth-order valence-corrected chi connectivity index (χ4v) is 5.72. The van der Waals surface area contributed by atoms with E-state index in [9.17, 15) is 14.4 Å². The van der Waals surface area contributed by atoms with Crippen molar-refractivity contribution in [3.05, 3.63) is 11.1 Å². The van der Waals surface area contributed by atoms with Crippen LogP contribution in [-0.2, 0) is 19.1 Å². The van der Waals surface area contributed by atoms with Crippen molar-refractivity contribution in [3.63, 3.8) is 0 Å². The summed E-state index contributed by atoms with van der Waals surface area (Å²) in [4.78, 5) is 36.6. The van der Waals surface area contributed by atoms with Crippen LogP contribution in [0, 0.1) is 23.2 Å². The van der Waals surface area contributed by atoms with E-state index in [1.807, 2.05) is 0 Å². The first-order valence-corrected chi connectivity index (χ1v) is 8.88. The predicted octanol–water partition coefficient (Wildman–Crippen LogP) is 2.99. The Labute approximate surface area is 136 Å². The molecule has 0 radical (unpaired) electrons. The van der Waals surface area contributed by atoms with E-state index in [1.165, 1.54) is 18.1 Å². The maximum absolute atomic E-state index is 13.1. The van der Waals surface area contributed by atoms with Gasteiger partial charge in [0.2, 0.25) is 0 Å². The number of fused-ring (bicyclic) bond motifs is 4. The fourth-order valence-electron chi connectivity index (χ4n) is 5.72. The summed E-state index contributed by atoms with van der Waals surface area (Å²) < 4.78 is 5.36. The van der Waals surface area contributed by atoms with E-state index < -0.39 is 0 Å². The van der Waals surface area contributed by atoms with Crippen LogP contribution in [0.3, 0.4) is 0 Å². The number of carbonyl (C=O) groups excluding carboxylic acids is 3. The van der Waals surface area contributed by atoms with Crippen molar-refractivity contribution in [2.75, 3.05) is 0 Å². The van der Waals surface area contributed by atoms with Gasteiger partial charge < -0.3 is 4.74 Å². The van der Waals surface area contributed by atoms with Crippen LogP contribution in [0.2, 0.25) is 0 Å². The number of carbonyl (C=O) groups is 3. The molecule has 23 heavy (non-hydrogen) atoms. The van der Waals surface area contributed by atoms with Crippen LogP contribution in [0.4, 0.5) is 0 Å². The average Bonchev–Trinajstić information content (AvgIpc) is 2.95. The van der Waals surface area contributed by atoms with Gasteiger partial charge in [-0.3, -0.25) is 14.4 Å². The number of rotatable bonds is 1. The van der Waals surface area contributed by atoms with Gasteiger partial charge in [-0.2, -0.15) is 0 Å². The van der Waals surface area contributed by atoms with E-state index in [2.05, 4.69) is 6.92 Å². The topological polar surface area (TPSA) is 60.4 Å². The number of ether oxygens (including phenoxy) is 1. The standard InChI is InChI=1S/C19H24O4/c1-10(20)23-11-3-4-12-13-7-8-19(2)15(5-6-16(19)21)17(13)18(22)14(12)9-11/h11,14-15,17H,3-9H2,1-2H3/t11-,14+,15+,17+,19-/m0/s1. The van der Waals surface area contributed by atoms with Gasteiger partial charge in [0.25, 0.3) is 0 Å². The maximum atomic E-state index is 13.1. The van der Waals surface area contributed by atoms with E-state index in [4.69, 9.17) is 4.74 Å². The van der Waals surface area contributed by atoms with Crippen LogP contribution in [0.1, 0.15) is 58.8 Å². The van der Waals surface area contributed by atoms with E-state index in [-0.39, 0.29) is 35.2 Å². The van der Waals surface area contributed by atoms with Crippen LogP contribution in [0.5, 0.6) is 0 Å². The largest absolute Gasteiger partial charge is 0.463 e. The molecule has 3 saturated carbocycles. The van der Waals surface area contributed by atoms with Gasteiger partial charge in [0.15, 0.2) is 0 Å². The van der Waals surface area contributed by atoms with Crippen molar-refractivity contribution in [1.29, 1.82) is 0 Å². The average molecular weight is 316 g/mol. The van der Waals surface area contributed by atoms with Gasteiger partial charge >= 0.3 is 5.97 Å². The third kappa shape index (κ3) is 2.06. The highest BCUT2D eigenvalue weighted by Gasteiger charge is 2.58. The molecular weight excluding hydrogens is 292 g/mol.